The third-order valence-electron chi connectivity index (χ3n) is 2.72. The van der Waals surface area contributed by atoms with Crippen LogP contribution >= 0.6 is 12.6 Å². The summed E-state index contributed by atoms with van der Waals surface area (Å²) in [7, 11) is 0. The summed E-state index contributed by atoms with van der Waals surface area (Å²) in [4.78, 5) is 1.11. The molecule has 0 bridgehead atoms. The lowest BCUT2D eigenvalue weighted by molar-refractivity contribution is 0.909. The second-order valence-corrected chi connectivity index (χ2v) is 4.11. The van der Waals surface area contributed by atoms with Gasteiger partial charge in [-0.15, -0.1) is 12.6 Å². The van der Waals surface area contributed by atoms with Crippen molar-refractivity contribution in [3.63, 3.8) is 0 Å². The summed E-state index contributed by atoms with van der Waals surface area (Å²) in [5.74, 6) is 0. The second-order valence-electron chi connectivity index (χ2n) is 3.63. The van der Waals surface area contributed by atoms with Crippen LogP contribution in [0.5, 0.6) is 0 Å². The van der Waals surface area contributed by atoms with Crippen LogP contribution < -0.4 is 0 Å². The quantitative estimate of drug-likeness (QED) is 0.637. The zero-order chi connectivity index (χ0) is 9.26. The average molecular weight is 190 g/mol. The van der Waals surface area contributed by atoms with Crippen LogP contribution in [0, 0.1) is 0 Å². The molecule has 0 amide bonds. The minimum Gasteiger partial charge on any atom is -0.143 e. The first-order chi connectivity index (χ1) is 6.29. The van der Waals surface area contributed by atoms with E-state index in [0.717, 1.165) is 4.90 Å². The fourth-order valence-corrected chi connectivity index (χ4v) is 2.28. The van der Waals surface area contributed by atoms with Gasteiger partial charge in [0.1, 0.15) is 0 Å². The van der Waals surface area contributed by atoms with Gasteiger partial charge in [-0.1, -0.05) is 23.8 Å². The van der Waals surface area contributed by atoms with E-state index in [0.29, 0.717) is 0 Å². The molecule has 2 rings (SSSR count). The Bertz CT molecular complexity index is 350. The lowest BCUT2D eigenvalue weighted by Gasteiger charge is -2.06. The molecular weight excluding hydrogens is 176 g/mol. The summed E-state index contributed by atoms with van der Waals surface area (Å²) in [5, 5.41) is 0. The van der Waals surface area contributed by atoms with Gasteiger partial charge in [0, 0.05) is 4.90 Å². The normalized spacial score (nSPS) is 16.8. The Morgan fingerprint density at radius 3 is 2.54 bits per heavy atom. The van der Waals surface area contributed by atoms with Gasteiger partial charge in [-0.05, 0) is 43.4 Å². The summed E-state index contributed by atoms with van der Waals surface area (Å²) >= 11 is 4.48. The molecule has 0 atom stereocenters. The Labute approximate surface area is 85.1 Å². The first-order valence-electron chi connectivity index (χ1n) is 4.76. The fraction of sp³-hybridized carbons (Fsp3) is 0.333. The van der Waals surface area contributed by atoms with Crippen LogP contribution in [0.1, 0.15) is 31.7 Å². The summed E-state index contributed by atoms with van der Waals surface area (Å²) in [6.07, 6.45) is 3.80. The molecule has 1 aromatic rings. The molecule has 0 aromatic heterocycles. The standard InChI is InChI=1S/C12H14S/c1-9-5-4-7-10(9)11-6-2-3-8-12(11)13/h2-3,6,8,13H,4-5,7H2,1H3. The molecule has 13 heavy (non-hydrogen) atoms. The van der Waals surface area contributed by atoms with Crippen molar-refractivity contribution >= 4 is 18.2 Å². The van der Waals surface area contributed by atoms with Crippen LogP contribution in [-0.2, 0) is 0 Å². The third-order valence-corrected chi connectivity index (χ3v) is 3.11. The van der Waals surface area contributed by atoms with Crippen molar-refractivity contribution in [2.24, 2.45) is 0 Å². The number of benzene rings is 1. The molecule has 68 valence electrons. The van der Waals surface area contributed by atoms with Gasteiger partial charge < -0.3 is 0 Å². The lowest BCUT2D eigenvalue weighted by atomic mass is 10.0. The number of rotatable bonds is 1. The van der Waals surface area contributed by atoms with Crippen molar-refractivity contribution in [2.75, 3.05) is 0 Å². The van der Waals surface area contributed by atoms with E-state index in [-0.39, 0.29) is 0 Å². The first-order valence-corrected chi connectivity index (χ1v) is 5.21. The van der Waals surface area contributed by atoms with E-state index >= 15 is 0 Å². The smallest absolute Gasteiger partial charge is 0.0115 e. The van der Waals surface area contributed by atoms with Gasteiger partial charge in [0.05, 0.1) is 0 Å². The Hall–Kier alpha value is -0.690. The largest absolute Gasteiger partial charge is 0.143 e. The van der Waals surface area contributed by atoms with Crippen LogP contribution in [0.2, 0.25) is 0 Å². The van der Waals surface area contributed by atoms with E-state index in [1.807, 2.05) is 6.07 Å². The molecular formula is C12H14S. The van der Waals surface area contributed by atoms with E-state index in [1.165, 1.54) is 30.4 Å². The van der Waals surface area contributed by atoms with Crippen LogP contribution in [0.4, 0.5) is 0 Å². The predicted molar refractivity (Wildman–Crippen MR) is 60.1 cm³/mol. The highest BCUT2D eigenvalue weighted by molar-refractivity contribution is 7.80. The molecule has 0 spiro atoms. The zero-order valence-electron chi connectivity index (χ0n) is 7.88. The minimum atomic E-state index is 1.11. The Morgan fingerprint density at radius 2 is 1.92 bits per heavy atom. The Balaban J connectivity index is 2.46. The predicted octanol–water partition coefficient (Wildman–Crippen LogP) is 3.93. The molecule has 0 N–H and O–H groups in total. The molecule has 0 saturated heterocycles. The first kappa shape index (κ1) is 8.89. The van der Waals surface area contributed by atoms with Crippen LogP contribution in [0.15, 0.2) is 34.7 Å². The van der Waals surface area contributed by atoms with Gasteiger partial charge in [-0.25, -0.2) is 0 Å². The Kier molecular flexibility index (Phi) is 2.45. The van der Waals surface area contributed by atoms with Gasteiger partial charge >= 0.3 is 0 Å². The van der Waals surface area contributed by atoms with Crippen molar-refractivity contribution < 1.29 is 0 Å². The van der Waals surface area contributed by atoms with Crippen LogP contribution in [-0.4, -0.2) is 0 Å². The summed E-state index contributed by atoms with van der Waals surface area (Å²) in [6, 6.07) is 8.37. The lowest BCUT2D eigenvalue weighted by Crippen LogP contribution is -1.84. The Morgan fingerprint density at radius 1 is 1.15 bits per heavy atom. The minimum absolute atomic E-state index is 1.11. The van der Waals surface area contributed by atoms with Crippen LogP contribution in [0.25, 0.3) is 5.57 Å². The molecule has 0 aliphatic heterocycles. The maximum absolute atomic E-state index is 4.48. The van der Waals surface area contributed by atoms with E-state index in [2.05, 4.69) is 37.8 Å². The number of hydrogen-bond donors (Lipinski definition) is 1. The molecule has 1 aliphatic carbocycles. The highest BCUT2D eigenvalue weighted by Crippen LogP contribution is 2.35. The molecule has 0 unspecified atom stereocenters. The highest BCUT2D eigenvalue weighted by atomic mass is 32.1. The summed E-state index contributed by atoms with van der Waals surface area (Å²) in [5.41, 5.74) is 4.40. The topological polar surface area (TPSA) is 0 Å². The van der Waals surface area contributed by atoms with Crippen molar-refractivity contribution in [2.45, 2.75) is 31.1 Å². The van der Waals surface area contributed by atoms with E-state index < -0.39 is 0 Å². The number of thiol groups is 1. The molecule has 0 fully saturated rings. The molecule has 0 saturated carbocycles. The maximum atomic E-state index is 4.48. The van der Waals surface area contributed by atoms with Gasteiger partial charge in [0.25, 0.3) is 0 Å². The summed E-state index contributed by atoms with van der Waals surface area (Å²) in [6.45, 7) is 2.24. The van der Waals surface area contributed by atoms with Crippen molar-refractivity contribution in [3.05, 3.63) is 35.4 Å². The SMILES string of the molecule is CC1=C(c2ccccc2S)CCC1. The molecule has 0 heterocycles. The van der Waals surface area contributed by atoms with Gasteiger partial charge in [0.2, 0.25) is 0 Å². The molecule has 0 nitrogen and oxygen atoms in total. The highest BCUT2D eigenvalue weighted by Gasteiger charge is 2.13. The van der Waals surface area contributed by atoms with Gasteiger partial charge in [-0.3, -0.25) is 0 Å². The van der Waals surface area contributed by atoms with E-state index in [9.17, 15) is 0 Å². The second kappa shape index (κ2) is 3.59. The number of allylic oxidation sites excluding steroid dienone is 2. The van der Waals surface area contributed by atoms with E-state index in [4.69, 9.17) is 0 Å². The van der Waals surface area contributed by atoms with Crippen molar-refractivity contribution in [1.29, 1.82) is 0 Å². The summed E-state index contributed by atoms with van der Waals surface area (Å²) < 4.78 is 0. The van der Waals surface area contributed by atoms with Gasteiger partial charge in [0.15, 0.2) is 0 Å². The van der Waals surface area contributed by atoms with E-state index in [1.54, 1.807) is 5.57 Å². The molecule has 1 heteroatoms. The third kappa shape index (κ3) is 1.66. The zero-order valence-corrected chi connectivity index (χ0v) is 8.77. The van der Waals surface area contributed by atoms with Crippen molar-refractivity contribution in [1.82, 2.24) is 0 Å². The van der Waals surface area contributed by atoms with Crippen molar-refractivity contribution in [3.8, 4) is 0 Å². The molecule has 1 aromatic carbocycles. The van der Waals surface area contributed by atoms with Gasteiger partial charge in [-0.2, -0.15) is 0 Å². The van der Waals surface area contributed by atoms with Crippen LogP contribution in [0.3, 0.4) is 0 Å². The monoisotopic (exact) mass is 190 g/mol. The average Bonchev–Trinajstić information content (AvgIpc) is 2.52. The maximum Gasteiger partial charge on any atom is 0.0115 e. The molecule has 1 aliphatic rings. The fourth-order valence-electron chi connectivity index (χ4n) is 1.99. The number of hydrogen-bond acceptors (Lipinski definition) is 1. The molecule has 0 radical (unpaired) electrons.